The van der Waals surface area contributed by atoms with Crippen molar-refractivity contribution in [3.8, 4) is 6.01 Å². The number of ether oxygens (including phenoxy) is 1. The molecule has 3 unspecified atom stereocenters. The molecule has 1 spiro atoms. The Kier molecular flexibility index (Phi) is 3.79. The molecule has 2 saturated heterocycles. The number of carbonyl (C=O) groups excluding carboxylic acids is 1. The fourth-order valence-corrected chi connectivity index (χ4v) is 6.43. The van der Waals surface area contributed by atoms with Gasteiger partial charge in [0.25, 0.3) is 0 Å². The summed E-state index contributed by atoms with van der Waals surface area (Å²) < 4.78 is 30.1. The molecule has 1 aromatic rings. The third-order valence-electron chi connectivity index (χ3n) is 5.94. The van der Waals surface area contributed by atoms with Crippen LogP contribution in [0.5, 0.6) is 6.01 Å². The quantitative estimate of drug-likeness (QED) is 0.785. The molecular weight excluding hydrogens is 342 g/mol. The zero-order valence-corrected chi connectivity index (χ0v) is 15.3. The summed E-state index contributed by atoms with van der Waals surface area (Å²) in [6, 6.07) is 2.06. The molecule has 2 aliphatic heterocycles. The second kappa shape index (κ2) is 5.65. The molecule has 3 atom stereocenters. The lowest BCUT2D eigenvalue weighted by Gasteiger charge is -2.49. The van der Waals surface area contributed by atoms with Crippen LogP contribution in [-0.2, 0) is 14.6 Å². The maximum absolute atomic E-state index is 12.6. The predicted molar refractivity (Wildman–Crippen MR) is 90.7 cm³/mol. The van der Waals surface area contributed by atoms with E-state index in [2.05, 4.69) is 16.9 Å². The highest BCUT2D eigenvalue weighted by atomic mass is 32.2. The Bertz CT molecular complexity index is 804. The van der Waals surface area contributed by atoms with Crippen LogP contribution >= 0.6 is 0 Å². The minimum Gasteiger partial charge on any atom is -0.463 e. The number of aromatic nitrogens is 2. The van der Waals surface area contributed by atoms with Crippen molar-refractivity contribution >= 4 is 15.7 Å². The fraction of sp³-hybridized carbons (Fsp3) is 0.706. The van der Waals surface area contributed by atoms with Gasteiger partial charge in [0.15, 0.2) is 9.84 Å². The summed E-state index contributed by atoms with van der Waals surface area (Å²) in [4.78, 5) is 22.3. The van der Waals surface area contributed by atoms with Crippen molar-refractivity contribution in [3.63, 3.8) is 0 Å². The Morgan fingerprint density at radius 2 is 2.16 bits per heavy atom. The van der Waals surface area contributed by atoms with Crippen molar-refractivity contribution in [1.82, 2.24) is 14.9 Å². The van der Waals surface area contributed by atoms with Crippen LogP contribution in [0.4, 0.5) is 0 Å². The smallest absolute Gasteiger partial charge is 0.316 e. The number of carbonyl (C=O) groups is 1. The topological polar surface area (TPSA) is 89.5 Å². The van der Waals surface area contributed by atoms with Crippen molar-refractivity contribution < 1.29 is 17.9 Å². The van der Waals surface area contributed by atoms with Crippen LogP contribution in [-0.4, -0.2) is 59.4 Å². The first-order valence-electron chi connectivity index (χ1n) is 8.76. The van der Waals surface area contributed by atoms with Crippen LogP contribution in [0.15, 0.2) is 12.3 Å². The Hall–Kier alpha value is -1.70. The lowest BCUT2D eigenvalue weighted by Crippen LogP contribution is -2.69. The first kappa shape index (κ1) is 16.8. The van der Waals surface area contributed by atoms with E-state index in [1.807, 2.05) is 6.92 Å². The molecule has 25 heavy (non-hydrogen) atoms. The van der Waals surface area contributed by atoms with E-state index in [-0.39, 0.29) is 36.1 Å². The molecule has 1 amide bonds. The van der Waals surface area contributed by atoms with E-state index >= 15 is 0 Å². The second-order valence-electron chi connectivity index (χ2n) is 7.67. The SMILES string of the molecule is Cc1ccnc(OCC2CCS(=O)(=O)C23CN(C(=O)C2CC2C)C3)n1. The van der Waals surface area contributed by atoms with Gasteiger partial charge in [-0.3, -0.25) is 4.79 Å². The van der Waals surface area contributed by atoms with Gasteiger partial charge in [-0.1, -0.05) is 6.92 Å². The lowest BCUT2D eigenvalue weighted by molar-refractivity contribution is -0.139. The lowest BCUT2D eigenvalue weighted by atomic mass is 9.83. The highest BCUT2D eigenvalue weighted by Gasteiger charge is 2.63. The molecule has 3 heterocycles. The van der Waals surface area contributed by atoms with Gasteiger partial charge in [-0.2, -0.15) is 0 Å². The summed E-state index contributed by atoms with van der Waals surface area (Å²) in [6.45, 7) is 4.79. The van der Waals surface area contributed by atoms with Gasteiger partial charge in [0.05, 0.1) is 12.4 Å². The van der Waals surface area contributed by atoms with Crippen molar-refractivity contribution in [1.29, 1.82) is 0 Å². The van der Waals surface area contributed by atoms with E-state index in [1.54, 1.807) is 17.2 Å². The fourth-order valence-electron chi connectivity index (χ4n) is 4.03. The zero-order valence-electron chi connectivity index (χ0n) is 14.5. The Balaban J connectivity index is 1.44. The predicted octanol–water partition coefficient (Wildman–Crippen LogP) is 0.836. The number of hydrogen-bond donors (Lipinski definition) is 0. The normalized spacial score (nSPS) is 31.6. The van der Waals surface area contributed by atoms with Gasteiger partial charge in [-0.05, 0) is 31.7 Å². The van der Waals surface area contributed by atoms with Gasteiger partial charge >= 0.3 is 6.01 Å². The molecule has 0 aromatic carbocycles. The summed E-state index contributed by atoms with van der Waals surface area (Å²) in [5.74, 6) is 0.681. The number of sulfone groups is 1. The van der Waals surface area contributed by atoms with E-state index in [9.17, 15) is 13.2 Å². The van der Waals surface area contributed by atoms with E-state index in [0.717, 1.165) is 12.1 Å². The molecule has 1 saturated carbocycles. The summed E-state index contributed by atoms with van der Waals surface area (Å²) >= 11 is 0. The molecule has 4 rings (SSSR count). The van der Waals surface area contributed by atoms with Crippen LogP contribution in [0.25, 0.3) is 0 Å². The Morgan fingerprint density at radius 3 is 2.80 bits per heavy atom. The number of rotatable bonds is 4. The standard InChI is InChI=1S/C17H23N3O4S/c1-11-7-14(11)15(21)20-9-17(10-20)13(4-6-25(17,22)23)8-24-16-18-5-3-12(2)19-16/h3,5,11,13-14H,4,6-10H2,1-2H3. The van der Waals surface area contributed by atoms with Crippen LogP contribution in [0, 0.1) is 24.7 Å². The van der Waals surface area contributed by atoms with Crippen LogP contribution in [0.2, 0.25) is 0 Å². The summed E-state index contributed by atoms with van der Waals surface area (Å²) in [5.41, 5.74) is 0.803. The monoisotopic (exact) mass is 365 g/mol. The minimum absolute atomic E-state index is 0.0943. The van der Waals surface area contributed by atoms with Crippen LogP contribution < -0.4 is 4.74 Å². The van der Waals surface area contributed by atoms with Crippen LogP contribution in [0.3, 0.4) is 0 Å². The maximum atomic E-state index is 12.6. The molecule has 1 aliphatic carbocycles. The Morgan fingerprint density at radius 1 is 1.44 bits per heavy atom. The molecule has 7 nitrogen and oxygen atoms in total. The van der Waals surface area contributed by atoms with Crippen molar-refractivity contribution in [3.05, 3.63) is 18.0 Å². The number of aryl methyl sites for hydroxylation is 1. The van der Waals surface area contributed by atoms with Gasteiger partial charge in [-0.25, -0.2) is 18.4 Å². The highest BCUT2D eigenvalue weighted by Crippen LogP contribution is 2.47. The molecule has 0 radical (unpaired) electrons. The van der Waals surface area contributed by atoms with Gasteiger partial charge in [0.2, 0.25) is 5.91 Å². The van der Waals surface area contributed by atoms with Gasteiger partial charge in [0.1, 0.15) is 4.75 Å². The van der Waals surface area contributed by atoms with Crippen molar-refractivity contribution in [2.45, 2.75) is 31.4 Å². The first-order valence-corrected chi connectivity index (χ1v) is 10.4. The molecule has 136 valence electrons. The molecule has 3 fully saturated rings. The average molecular weight is 365 g/mol. The number of hydrogen-bond acceptors (Lipinski definition) is 6. The number of likely N-dealkylation sites (tertiary alicyclic amines) is 1. The number of amides is 1. The second-order valence-corrected chi connectivity index (χ2v) is 10.1. The van der Waals surface area contributed by atoms with Gasteiger partial charge < -0.3 is 9.64 Å². The Labute approximate surface area is 147 Å². The van der Waals surface area contributed by atoms with Crippen LogP contribution in [0.1, 0.15) is 25.5 Å². The van der Waals surface area contributed by atoms with E-state index in [1.165, 1.54) is 0 Å². The van der Waals surface area contributed by atoms with E-state index < -0.39 is 14.6 Å². The molecular formula is C17H23N3O4S. The van der Waals surface area contributed by atoms with Crippen molar-refractivity contribution in [2.24, 2.45) is 17.8 Å². The number of nitrogens with zero attached hydrogens (tertiary/aromatic N) is 3. The third kappa shape index (κ3) is 2.70. The van der Waals surface area contributed by atoms with Gasteiger partial charge in [0, 0.05) is 36.8 Å². The van der Waals surface area contributed by atoms with Gasteiger partial charge in [-0.15, -0.1) is 0 Å². The average Bonchev–Trinajstić information content (AvgIpc) is 3.17. The van der Waals surface area contributed by atoms with E-state index in [0.29, 0.717) is 25.4 Å². The molecule has 3 aliphatic rings. The minimum atomic E-state index is -3.21. The zero-order chi connectivity index (χ0) is 17.8. The largest absolute Gasteiger partial charge is 0.463 e. The third-order valence-corrected chi connectivity index (χ3v) is 8.54. The summed E-state index contributed by atoms with van der Waals surface area (Å²) in [5, 5.41) is 0. The molecule has 1 aromatic heterocycles. The maximum Gasteiger partial charge on any atom is 0.316 e. The highest BCUT2D eigenvalue weighted by molar-refractivity contribution is 7.93. The molecule has 8 heteroatoms. The first-order chi connectivity index (χ1) is 11.8. The summed E-state index contributed by atoms with van der Waals surface area (Å²) in [7, 11) is -3.21. The van der Waals surface area contributed by atoms with Crippen molar-refractivity contribution in [2.75, 3.05) is 25.4 Å². The molecule has 0 N–H and O–H groups in total. The summed E-state index contributed by atoms with van der Waals surface area (Å²) in [6.07, 6.45) is 3.11. The molecule has 0 bridgehead atoms. The van der Waals surface area contributed by atoms with E-state index in [4.69, 9.17) is 4.74 Å².